The van der Waals surface area contributed by atoms with Crippen LogP contribution in [0.25, 0.3) is 0 Å². The standard InChI is InChI=1S/C23H31F2NO4/c1-26-22(29)12-8-3-2-7-11-18-19(21(28)15-20(18)27)13-14-23(24,25)16-30-17-9-5-4-6-10-17/h2,4-7,9-10,13-14,18-21,27-28H,3,8,11-12,15-16H2,1H3,(H,26,29). The van der Waals surface area contributed by atoms with Crippen LogP contribution in [-0.4, -0.2) is 47.9 Å². The van der Waals surface area contributed by atoms with E-state index in [2.05, 4.69) is 5.32 Å². The third kappa shape index (κ3) is 7.88. The van der Waals surface area contributed by atoms with Crippen molar-refractivity contribution in [3.8, 4) is 5.75 Å². The summed E-state index contributed by atoms with van der Waals surface area (Å²) >= 11 is 0. The molecule has 1 amide bonds. The number of carbonyl (C=O) groups is 1. The first-order chi connectivity index (χ1) is 14.3. The fourth-order valence-corrected chi connectivity index (χ4v) is 3.58. The lowest BCUT2D eigenvalue weighted by atomic mass is 9.89. The number of nitrogens with one attached hydrogen (secondary N) is 1. The van der Waals surface area contributed by atoms with Gasteiger partial charge >= 0.3 is 0 Å². The van der Waals surface area contributed by atoms with Gasteiger partial charge in [0, 0.05) is 25.8 Å². The number of halogens is 2. The van der Waals surface area contributed by atoms with Crippen molar-refractivity contribution in [2.24, 2.45) is 11.8 Å². The van der Waals surface area contributed by atoms with Gasteiger partial charge in [0.15, 0.2) is 6.61 Å². The first-order valence-electron chi connectivity index (χ1n) is 10.3. The number of ether oxygens (including phenoxy) is 1. The predicted molar refractivity (Wildman–Crippen MR) is 111 cm³/mol. The van der Waals surface area contributed by atoms with Gasteiger partial charge in [0.05, 0.1) is 12.2 Å². The number of rotatable bonds is 11. The maximum atomic E-state index is 14.2. The number of allylic oxidation sites excluding steroid dienone is 2. The Balaban J connectivity index is 1.87. The molecule has 0 saturated heterocycles. The van der Waals surface area contributed by atoms with Crippen LogP contribution in [0, 0.1) is 11.8 Å². The van der Waals surface area contributed by atoms with Crippen LogP contribution >= 0.6 is 0 Å². The molecule has 4 atom stereocenters. The van der Waals surface area contributed by atoms with Crippen molar-refractivity contribution >= 4 is 5.91 Å². The summed E-state index contributed by atoms with van der Waals surface area (Å²) in [4.78, 5) is 11.2. The van der Waals surface area contributed by atoms with Gasteiger partial charge in [0.25, 0.3) is 5.92 Å². The van der Waals surface area contributed by atoms with Crippen LogP contribution in [0.1, 0.15) is 32.1 Å². The summed E-state index contributed by atoms with van der Waals surface area (Å²) in [5.74, 6) is -3.74. The molecule has 7 heteroatoms. The normalized spacial score (nSPS) is 24.6. The molecule has 0 radical (unpaired) electrons. The van der Waals surface area contributed by atoms with Gasteiger partial charge in [-0.3, -0.25) is 4.79 Å². The maximum absolute atomic E-state index is 14.2. The molecule has 3 N–H and O–H groups in total. The minimum Gasteiger partial charge on any atom is -0.487 e. The largest absolute Gasteiger partial charge is 0.487 e. The van der Waals surface area contributed by atoms with Crippen molar-refractivity contribution < 1.29 is 28.5 Å². The van der Waals surface area contributed by atoms with Gasteiger partial charge in [-0.05, 0) is 43.4 Å². The molecule has 30 heavy (non-hydrogen) atoms. The van der Waals surface area contributed by atoms with Crippen molar-refractivity contribution in [3.63, 3.8) is 0 Å². The van der Waals surface area contributed by atoms with E-state index in [1.165, 1.54) is 6.08 Å². The topological polar surface area (TPSA) is 78.8 Å². The minimum absolute atomic E-state index is 0.0138. The molecule has 1 aliphatic carbocycles. The van der Waals surface area contributed by atoms with E-state index in [4.69, 9.17) is 4.74 Å². The lowest BCUT2D eigenvalue weighted by Crippen LogP contribution is -2.25. The van der Waals surface area contributed by atoms with E-state index in [0.717, 1.165) is 6.08 Å². The number of alkyl halides is 2. The van der Waals surface area contributed by atoms with Gasteiger partial charge in [0.2, 0.25) is 5.91 Å². The zero-order valence-electron chi connectivity index (χ0n) is 17.2. The summed E-state index contributed by atoms with van der Waals surface area (Å²) in [6.07, 6.45) is 6.76. The van der Waals surface area contributed by atoms with E-state index >= 15 is 0 Å². The van der Waals surface area contributed by atoms with Crippen LogP contribution in [-0.2, 0) is 4.79 Å². The third-order valence-corrected chi connectivity index (χ3v) is 5.28. The Bertz CT molecular complexity index is 708. The molecule has 2 rings (SSSR count). The van der Waals surface area contributed by atoms with Crippen molar-refractivity contribution in [1.82, 2.24) is 5.32 Å². The van der Waals surface area contributed by atoms with Gasteiger partial charge in [-0.15, -0.1) is 0 Å². The van der Waals surface area contributed by atoms with Gasteiger partial charge in [-0.25, -0.2) is 0 Å². The Kier molecular flexibility index (Phi) is 9.46. The highest BCUT2D eigenvalue weighted by atomic mass is 19.3. The average Bonchev–Trinajstić information content (AvgIpc) is 3.00. The molecule has 1 aliphatic rings. The first kappa shape index (κ1) is 24.0. The molecule has 1 fully saturated rings. The van der Waals surface area contributed by atoms with E-state index in [-0.39, 0.29) is 18.2 Å². The van der Waals surface area contributed by atoms with Crippen LogP contribution < -0.4 is 10.1 Å². The van der Waals surface area contributed by atoms with Gasteiger partial charge in [-0.2, -0.15) is 8.78 Å². The molecule has 0 bridgehead atoms. The molecule has 1 saturated carbocycles. The number of carbonyl (C=O) groups excluding carboxylic acids is 1. The fourth-order valence-electron chi connectivity index (χ4n) is 3.58. The number of aliphatic hydroxyl groups excluding tert-OH is 2. The average molecular weight is 424 g/mol. The Hall–Kier alpha value is -2.25. The van der Waals surface area contributed by atoms with Crippen LogP contribution in [0.4, 0.5) is 8.78 Å². The highest BCUT2D eigenvalue weighted by Crippen LogP contribution is 2.37. The van der Waals surface area contributed by atoms with E-state index < -0.39 is 30.7 Å². The summed E-state index contributed by atoms with van der Waals surface area (Å²) in [6.45, 7) is -0.797. The number of aliphatic hydroxyl groups is 2. The van der Waals surface area contributed by atoms with E-state index in [1.807, 2.05) is 12.2 Å². The predicted octanol–water partition coefficient (Wildman–Crippen LogP) is 3.48. The van der Waals surface area contributed by atoms with Crippen molar-refractivity contribution in [2.45, 2.75) is 50.2 Å². The second-order valence-corrected chi connectivity index (χ2v) is 7.61. The highest BCUT2D eigenvalue weighted by molar-refractivity contribution is 5.75. The summed E-state index contributed by atoms with van der Waals surface area (Å²) in [5, 5.41) is 23.0. The number of amides is 1. The second-order valence-electron chi connectivity index (χ2n) is 7.61. The fraction of sp³-hybridized carbons (Fsp3) is 0.522. The summed E-state index contributed by atoms with van der Waals surface area (Å²) in [7, 11) is 1.59. The monoisotopic (exact) mass is 423 g/mol. The van der Waals surface area contributed by atoms with E-state index in [0.29, 0.717) is 31.4 Å². The first-order valence-corrected chi connectivity index (χ1v) is 10.3. The lowest BCUT2D eigenvalue weighted by molar-refractivity contribution is -0.120. The molecule has 0 heterocycles. The molecule has 5 nitrogen and oxygen atoms in total. The third-order valence-electron chi connectivity index (χ3n) is 5.28. The summed E-state index contributed by atoms with van der Waals surface area (Å²) in [6, 6.07) is 8.39. The summed E-state index contributed by atoms with van der Waals surface area (Å²) in [5.41, 5.74) is 0. The molecular weight excluding hydrogens is 392 g/mol. The smallest absolute Gasteiger partial charge is 0.299 e. The number of hydrogen-bond donors (Lipinski definition) is 3. The number of hydrogen-bond acceptors (Lipinski definition) is 4. The molecule has 0 aromatic heterocycles. The van der Waals surface area contributed by atoms with Gasteiger partial charge in [0.1, 0.15) is 5.75 Å². The molecule has 4 unspecified atom stereocenters. The van der Waals surface area contributed by atoms with Gasteiger partial charge < -0.3 is 20.3 Å². The van der Waals surface area contributed by atoms with Gasteiger partial charge in [-0.1, -0.05) is 36.4 Å². The highest BCUT2D eigenvalue weighted by Gasteiger charge is 2.40. The lowest BCUT2D eigenvalue weighted by Gasteiger charge is -2.20. The zero-order valence-corrected chi connectivity index (χ0v) is 17.2. The van der Waals surface area contributed by atoms with Crippen LogP contribution in [0.15, 0.2) is 54.6 Å². The number of benzene rings is 1. The van der Waals surface area contributed by atoms with Crippen molar-refractivity contribution in [1.29, 1.82) is 0 Å². The van der Waals surface area contributed by atoms with E-state index in [1.54, 1.807) is 37.4 Å². The molecule has 1 aromatic rings. The Morgan fingerprint density at radius 3 is 2.67 bits per heavy atom. The minimum atomic E-state index is -3.19. The maximum Gasteiger partial charge on any atom is 0.299 e. The number of para-hydroxylation sites is 1. The van der Waals surface area contributed by atoms with E-state index in [9.17, 15) is 23.8 Å². The molecule has 166 valence electrons. The molecule has 1 aromatic carbocycles. The Morgan fingerprint density at radius 1 is 1.23 bits per heavy atom. The Labute approximate surface area is 176 Å². The van der Waals surface area contributed by atoms with Crippen molar-refractivity contribution in [2.75, 3.05) is 13.7 Å². The molecule has 0 spiro atoms. The SMILES string of the molecule is CNC(=O)CCCC=CCC1C(O)CC(O)C1C=CC(F)(F)COc1ccccc1. The quantitative estimate of drug-likeness (QED) is 0.376. The Morgan fingerprint density at radius 2 is 1.97 bits per heavy atom. The molecule has 0 aliphatic heterocycles. The van der Waals surface area contributed by atoms with Crippen LogP contribution in [0.3, 0.4) is 0 Å². The van der Waals surface area contributed by atoms with Crippen molar-refractivity contribution in [3.05, 3.63) is 54.6 Å². The zero-order chi connectivity index (χ0) is 22.0. The number of unbranched alkanes of at least 4 members (excludes halogenated alkanes) is 1. The van der Waals surface area contributed by atoms with Crippen LogP contribution in [0.2, 0.25) is 0 Å². The second kappa shape index (κ2) is 11.8. The summed E-state index contributed by atoms with van der Waals surface area (Å²) < 4.78 is 33.5. The van der Waals surface area contributed by atoms with Crippen LogP contribution in [0.5, 0.6) is 5.75 Å². The molecular formula is C23H31F2NO4.